The number of benzene rings is 2. The summed E-state index contributed by atoms with van der Waals surface area (Å²) in [6.07, 6.45) is 0. The number of para-hydroxylation sites is 1. The Morgan fingerprint density at radius 3 is 2.71 bits per heavy atom. The third kappa shape index (κ3) is 4.58. The number of nitrogens with one attached hydrogen (secondary N) is 1. The Morgan fingerprint density at radius 1 is 1.17 bits per heavy atom. The number of carbonyl (C=O) groups is 2. The average Bonchev–Trinajstić information content (AvgIpc) is 2.60. The van der Waals surface area contributed by atoms with E-state index in [2.05, 4.69) is 5.32 Å². The van der Waals surface area contributed by atoms with Crippen molar-refractivity contribution in [1.29, 1.82) is 5.26 Å². The Balaban J connectivity index is 1.94. The van der Waals surface area contributed by atoms with Gasteiger partial charge in [-0.3, -0.25) is 4.79 Å². The van der Waals surface area contributed by atoms with Crippen LogP contribution in [0.3, 0.4) is 0 Å². The summed E-state index contributed by atoms with van der Waals surface area (Å²) in [4.78, 5) is 23.9. The lowest BCUT2D eigenvalue weighted by molar-refractivity contribution is -0.119. The average molecular weight is 324 g/mol. The summed E-state index contributed by atoms with van der Waals surface area (Å²) in [7, 11) is 0. The Hall–Kier alpha value is -3.33. The molecule has 0 bridgehead atoms. The standard InChI is InChI=1S/C18H16N2O4/c1-2-23-16-9-4-3-8-15(16)18(22)24-12-17(21)20-14-7-5-6-13(10-14)11-19/h3-10H,2,12H2,1H3,(H,20,21). The summed E-state index contributed by atoms with van der Waals surface area (Å²) in [5.41, 5.74) is 1.15. The third-order valence-electron chi connectivity index (χ3n) is 3.02. The van der Waals surface area contributed by atoms with Crippen molar-refractivity contribution < 1.29 is 19.1 Å². The summed E-state index contributed by atoms with van der Waals surface area (Å²) in [6.45, 7) is 1.79. The van der Waals surface area contributed by atoms with Gasteiger partial charge in [0.05, 0.1) is 18.2 Å². The van der Waals surface area contributed by atoms with E-state index in [0.717, 1.165) is 0 Å². The SMILES string of the molecule is CCOc1ccccc1C(=O)OCC(=O)Nc1cccc(C#N)c1. The number of carbonyl (C=O) groups excluding carboxylic acids is 2. The number of amides is 1. The fourth-order valence-corrected chi connectivity index (χ4v) is 1.99. The molecule has 1 amide bonds. The fourth-order valence-electron chi connectivity index (χ4n) is 1.99. The monoisotopic (exact) mass is 324 g/mol. The Kier molecular flexibility index (Phi) is 5.92. The van der Waals surface area contributed by atoms with Crippen LogP contribution in [-0.4, -0.2) is 25.1 Å². The third-order valence-corrected chi connectivity index (χ3v) is 3.02. The van der Waals surface area contributed by atoms with Gasteiger partial charge in [-0.15, -0.1) is 0 Å². The van der Waals surface area contributed by atoms with Gasteiger partial charge in [-0.05, 0) is 37.3 Å². The van der Waals surface area contributed by atoms with Gasteiger partial charge in [-0.2, -0.15) is 5.26 Å². The number of hydrogen-bond acceptors (Lipinski definition) is 5. The van der Waals surface area contributed by atoms with Crippen molar-refractivity contribution in [3.05, 3.63) is 59.7 Å². The van der Waals surface area contributed by atoms with E-state index in [1.807, 2.05) is 13.0 Å². The molecule has 0 fully saturated rings. The highest BCUT2D eigenvalue weighted by Gasteiger charge is 2.15. The van der Waals surface area contributed by atoms with Crippen LogP contribution in [0.4, 0.5) is 5.69 Å². The van der Waals surface area contributed by atoms with Crippen LogP contribution in [0, 0.1) is 11.3 Å². The fraction of sp³-hybridized carbons (Fsp3) is 0.167. The molecule has 6 nitrogen and oxygen atoms in total. The summed E-state index contributed by atoms with van der Waals surface area (Å²) < 4.78 is 10.4. The van der Waals surface area contributed by atoms with Gasteiger partial charge in [-0.1, -0.05) is 18.2 Å². The molecule has 0 aliphatic carbocycles. The van der Waals surface area contributed by atoms with Gasteiger partial charge < -0.3 is 14.8 Å². The first-order chi connectivity index (χ1) is 11.6. The number of esters is 1. The van der Waals surface area contributed by atoms with Crippen LogP contribution in [0.15, 0.2) is 48.5 Å². The van der Waals surface area contributed by atoms with Crippen molar-refractivity contribution in [1.82, 2.24) is 0 Å². The highest BCUT2D eigenvalue weighted by Crippen LogP contribution is 2.19. The number of nitrogens with zero attached hydrogens (tertiary/aromatic N) is 1. The number of rotatable bonds is 6. The van der Waals surface area contributed by atoms with E-state index in [-0.39, 0.29) is 5.56 Å². The lowest BCUT2D eigenvalue weighted by Crippen LogP contribution is -2.21. The van der Waals surface area contributed by atoms with Gasteiger partial charge in [0.1, 0.15) is 11.3 Å². The van der Waals surface area contributed by atoms with Crippen molar-refractivity contribution in [2.45, 2.75) is 6.92 Å². The zero-order chi connectivity index (χ0) is 17.4. The maximum Gasteiger partial charge on any atom is 0.342 e. The molecule has 24 heavy (non-hydrogen) atoms. The van der Waals surface area contributed by atoms with Crippen LogP contribution in [0.1, 0.15) is 22.8 Å². The second-order valence-corrected chi connectivity index (χ2v) is 4.75. The van der Waals surface area contributed by atoms with Crippen molar-refractivity contribution in [3.63, 3.8) is 0 Å². The van der Waals surface area contributed by atoms with E-state index < -0.39 is 18.5 Å². The zero-order valence-electron chi connectivity index (χ0n) is 13.1. The van der Waals surface area contributed by atoms with Crippen LogP contribution in [0.25, 0.3) is 0 Å². The lowest BCUT2D eigenvalue weighted by atomic mass is 10.2. The molecule has 2 aromatic carbocycles. The van der Waals surface area contributed by atoms with Crippen molar-refractivity contribution in [2.75, 3.05) is 18.5 Å². The van der Waals surface area contributed by atoms with E-state index in [1.54, 1.807) is 42.5 Å². The number of anilines is 1. The largest absolute Gasteiger partial charge is 0.493 e. The zero-order valence-corrected chi connectivity index (χ0v) is 13.1. The predicted octanol–water partition coefficient (Wildman–Crippen LogP) is 2.75. The molecule has 1 N–H and O–H groups in total. The van der Waals surface area contributed by atoms with E-state index in [1.165, 1.54) is 6.07 Å². The van der Waals surface area contributed by atoms with E-state index in [0.29, 0.717) is 23.6 Å². The quantitative estimate of drug-likeness (QED) is 0.825. The maximum absolute atomic E-state index is 12.1. The summed E-state index contributed by atoms with van der Waals surface area (Å²) in [5, 5.41) is 11.4. The lowest BCUT2D eigenvalue weighted by Gasteiger charge is -2.10. The molecule has 0 aliphatic heterocycles. The van der Waals surface area contributed by atoms with Crippen molar-refractivity contribution in [2.24, 2.45) is 0 Å². The molecule has 6 heteroatoms. The van der Waals surface area contributed by atoms with Crippen LogP contribution in [0.5, 0.6) is 5.75 Å². The minimum absolute atomic E-state index is 0.263. The number of nitriles is 1. The molecule has 0 saturated heterocycles. The molecule has 0 unspecified atom stereocenters. The molecule has 0 spiro atoms. The second-order valence-electron chi connectivity index (χ2n) is 4.75. The van der Waals surface area contributed by atoms with Crippen LogP contribution in [-0.2, 0) is 9.53 Å². The molecule has 0 saturated carbocycles. The van der Waals surface area contributed by atoms with Gasteiger partial charge in [0.2, 0.25) is 0 Å². The summed E-state index contributed by atoms with van der Waals surface area (Å²) in [6, 6.07) is 15.1. The topological polar surface area (TPSA) is 88.4 Å². The minimum atomic E-state index is -0.639. The molecule has 0 heterocycles. The van der Waals surface area contributed by atoms with E-state index >= 15 is 0 Å². The van der Waals surface area contributed by atoms with Gasteiger partial charge in [-0.25, -0.2) is 4.79 Å². The van der Waals surface area contributed by atoms with E-state index in [9.17, 15) is 9.59 Å². The van der Waals surface area contributed by atoms with Gasteiger partial charge in [0.15, 0.2) is 6.61 Å². The summed E-state index contributed by atoms with van der Waals surface area (Å²) in [5.74, 6) is -0.723. The van der Waals surface area contributed by atoms with Crippen LogP contribution in [0.2, 0.25) is 0 Å². The van der Waals surface area contributed by atoms with Gasteiger partial charge in [0, 0.05) is 5.69 Å². The Bertz CT molecular complexity index is 781. The molecule has 0 radical (unpaired) electrons. The molecule has 0 aliphatic rings. The first-order valence-corrected chi connectivity index (χ1v) is 7.33. The molecule has 0 atom stereocenters. The molecular weight excluding hydrogens is 308 g/mol. The molecule has 2 rings (SSSR count). The second kappa shape index (κ2) is 8.34. The smallest absolute Gasteiger partial charge is 0.342 e. The highest BCUT2D eigenvalue weighted by atomic mass is 16.5. The number of hydrogen-bond donors (Lipinski definition) is 1. The predicted molar refractivity (Wildman–Crippen MR) is 87.7 cm³/mol. The minimum Gasteiger partial charge on any atom is -0.493 e. The number of ether oxygens (including phenoxy) is 2. The van der Waals surface area contributed by atoms with Crippen molar-refractivity contribution in [3.8, 4) is 11.8 Å². The van der Waals surface area contributed by atoms with Crippen LogP contribution >= 0.6 is 0 Å². The maximum atomic E-state index is 12.1. The van der Waals surface area contributed by atoms with Crippen molar-refractivity contribution >= 4 is 17.6 Å². The normalized spacial score (nSPS) is 9.67. The first-order valence-electron chi connectivity index (χ1n) is 7.33. The molecule has 0 aromatic heterocycles. The van der Waals surface area contributed by atoms with E-state index in [4.69, 9.17) is 14.7 Å². The Labute approximate surface area is 139 Å². The van der Waals surface area contributed by atoms with Crippen LogP contribution < -0.4 is 10.1 Å². The highest BCUT2D eigenvalue weighted by molar-refractivity contribution is 5.96. The Morgan fingerprint density at radius 2 is 1.96 bits per heavy atom. The molecule has 2 aromatic rings. The van der Waals surface area contributed by atoms with Gasteiger partial charge >= 0.3 is 5.97 Å². The molecule has 122 valence electrons. The van der Waals surface area contributed by atoms with Gasteiger partial charge in [0.25, 0.3) is 5.91 Å². The first kappa shape index (κ1) is 17.0. The molecular formula is C18H16N2O4. The summed E-state index contributed by atoms with van der Waals surface area (Å²) >= 11 is 0.